The maximum Gasteiger partial charge on any atom is 0.304 e. The molecule has 1 saturated carbocycles. The van der Waals surface area contributed by atoms with E-state index in [4.69, 9.17) is 26.2 Å². The maximum atomic E-state index is 10.9. The number of aromatic hydroxyl groups is 1. The third-order valence-electron chi connectivity index (χ3n) is 3.49. The first-order valence-electron chi connectivity index (χ1n) is 5.57. The number of aliphatic carboxylic acids is 1. The molecule has 0 aromatic heterocycles. The van der Waals surface area contributed by atoms with Crippen LogP contribution in [0.1, 0.15) is 24.8 Å². The summed E-state index contributed by atoms with van der Waals surface area (Å²) in [6.07, 6.45) is 1.43. The molecule has 0 saturated heterocycles. The Morgan fingerprint density at radius 3 is 2.78 bits per heavy atom. The number of carbonyl (C=O) groups is 1. The number of hydrogen-bond acceptors (Lipinski definition) is 4. The fourth-order valence-electron chi connectivity index (χ4n) is 2.38. The monoisotopic (exact) mass is 270 g/mol. The van der Waals surface area contributed by atoms with Crippen molar-refractivity contribution in [1.82, 2.24) is 0 Å². The maximum absolute atomic E-state index is 10.9. The highest BCUT2D eigenvalue weighted by Crippen LogP contribution is 2.58. The summed E-state index contributed by atoms with van der Waals surface area (Å²) in [5.41, 5.74) is 0.0275. The number of rotatable bonds is 3. The molecule has 1 aromatic carbocycles. The van der Waals surface area contributed by atoms with E-state index in [1.165, 1.54) is 0 Å². The molecule has 1 heterocycles. The van der Waals surface area contributed by atoms with Crippen LogP contribution in [0.4, 0.5) is 0 Å². The smallest absolute Gasteiger partial charge is 0.304 e. The van der Waals surface area contributed by atoms with Crippen molar-refractivity contribution in [2.45, 2.75) is 24.7 Å². The van der Waals surface area contributed by atoms with Crippen LogP contribution in [0, 0.1) is 0 Å². The molecule has 0 atom stereocenters. The van der Waals surface area contributed by atoms with Crippen molar-refractivity contribution in [3.63, 3.8) is 0 Å². The van der Waals surface area contributed by atoms with Gasteiger partial charge in [-0.25, -0.2) is 0 Å². The Hall–Kier alpha value is -1.62. The minimum absolute atomic E-state index is 0.0173. The van der Waals surface area contributed by atoms with E-state index in [-0.39, 0.29) is 24.0 Å². The van der Waals surface area contributed by atoms with Gasteiger partial charge in [0.1, 0.15) is 10.8 Å². The Morgan fingerprint density at radius 1 is 1.44 bits per heavy atom. The number of carboxylic acids is 1. The molecule has 18 heavy (non-hydrogen) atoms. The minimum Gasteiger partial charge on any atom is -0.506 e. The summed E-state index contributed by atoms with van der Waals surface area (Å²) in [5, 5.41) is 19.1. The first-order chi connectivity index (χ1) is 8.53. The van der Waals surface area contributed by atoms with Gasteiger partial charge >= 0.3 is 5.97 Å². The molecule has 0 unspecified atom stereocenters. The summed E-state index contributed by atoms with van der Waals surface area (Å²) in [6, 6.07) is 1.64. The average molecular weight is 271 g/mol. The third-order valence-corrected chi connectivity index (χ3v) is 3.84. The van der Waals surface area contributed by atoms with Crippen molar-refractivity contribution >= 4 is 17.6 Å². The van der Waals surface area contributed by atoms with Gasteiger partial charge in [0.2, 0.25) is 6.79 Å². The molecule has 5 nitrogen and oxygen atoms in total. The second kappa shape index (κ2) is 3.68. The predicted molar refractivity (Wildman–Crippen MR) is 62.4 cm³/mol. The summed E-state index contributed by atoms with van der Waals surface area (Å²) in [7, 11) is 0. The van der Waals surface area contributed by atoms with Crippen LogP contribution in [0.15, 0.2) is 6.07 Å². The SMILES string of the molecule is O=C(O)CC1(c2cc3c(c(Cl)c2O)OCO3)CC1. The molecule has 0 spiro atoms. The van der Waals surface area contributed by atoms with Crippen LogP contribution < -0.4 is 9.47 Å². The number of carboxylic acid groups (broad SMARTS) is 1. The highest BCUT2D eigenvalue weighted by Gasteiger charge is 2.49. The Labute approximate surface area is 108 Å². The number of hydrogen-bond donors (Lipinski definition) is 2. The number of phenolic OH excluding ortho intramolecular Hbond substituents is 1. The highest BCUT2D eigenvalue weighted by atomic mass is 35.5. The molecule has 2 N–H and O–H groups in total. The van der Waals surface area contributed by atoms with E-state index in [1.807, 2.05) is 0 Å². The van der Waals surface area contributed by atoms with E-state index in [0.29, 0.717) is 17.1 Å². The topological polar surface area (TPSA) is 76.0 Å². The highest BCUT2D eigenvalue weighted by molar-refractivity contribution is 6.34. The molecule has 0 bridgehead atoms. The number of phenols is 1. The summed E-state index contributed by atoms with van der Waals surface area (Å²) in [5.74, 6) is -0.200. The largest absolute Gasteiger partial charge is 0.506 e. The molecule has 2 aliphatic rings. The minimum atomic E-state index is -0.888. The van der Waals surface area contributed by atoms with Crippen LogP contribution in [0.2, 0.25) is 5.02 Å². The van der Waals surface area contributed by atoms with E-state index < -0.39 is 11.4 Å². The van der Waals surface area contributed by atoms with Gasteiger partial charge < -0.3 is 19.7 Å². The molecule has 96 valence electrons. The molecule has 1 aliphatic heterocycles. The van der Waals surface area contributed by atoms with Gasteiger partial charge in [-0.2, -0.15) is 0 Å². The van der Waals surface area contributed by atoms with Gasteiger partial charge in [-0.05, 0) is 18.9 Å². The van der Waals surface area contributed by atoms with E-state index in [9.17, 15) is 9.90 Å². The molecular formula is C12H11ClO5. The van der Waals surface area contributed by atoms with Crippen LogP contribution in [-0.2, 0) is 10.2 Å². The first kappa shape index (κ1) is 11.5. The van der Waals surface area contributed by atoms with Crippen LogP contribution >= 0.6 is 11.6 Å². The predicted octanol–water partition coefficient (Wildman–Crippen LogP) is 2.28. The second-order valence-corrected chi connectivity index (χ2v) is 5.05. The van der Waals surface area contributed by atoms with Crippen molar-refractivity contribution < 1.29 is 24.5 Å². The number of halogens is 1. The lowest BCUT2D eigenvalue weighted by Crippen LogP contribution is -2.13. The fourth-order valence-corrected chi connectivity index (χ4v) is 2.63. The van der Waals surface area contributed by atoms with Gasteiger partial charge in [0.15, 0.2) is 11.5 Å². The lowest BCUT2D eigenvalue weighted by atomic mass is 9.91. The van der Waals surface area contributed by atoms with Crippen molar-refractivity contribution in [3.05, 3.63) is 16.7 Å². The zero-order valence-electron chi connectivity index (χ0n) is 9.40. The third kappa shape index (κ3) is 1.58. The average Bonchev–Trinajstić information content (AvgIpc) is 2.91. The van der Waals surface area contributed by atoms with Gasteiger partial charge in [0.05, 0.1) is 6.42 Å². The molecule has 1 aliphatic carbocycles. The first-order valence-corrected chi connectivity index (χ1v) is 5.95. The normalized spacial score (nSPS) is 18.7. The van der Waals surface area contributed by atoms with Crippen LogP contribution in [-0.4, -0.2) is 23.0 Å². The van der Waals surface area contributed by atoms with Crippen LogP contribution in [0.3, 0.4) is 0 Å². The van der Waals surface area contributed by atoms with Gasteiger partial charge in [-0.3, -0.25) is 4.79 Å². The fraction of sp³-hybridized carbons (Fsp3) is 0.417. The van der Waals surface area contributed by atoms with E-state index in [2.05, 4.69) is 0 Å². The Morgan fingerprint density at radius 2 is 2.17 bits per heavy atom. The summed E-state index contributed by atoms with van der Waals surface area (Å²) < 4.78 is 10.4. The zero-order chi connectivity index (χ0) is 12.9. The van der Waals surface area contributed by atoms with E-state index in [0.717, 1.165) is 12.8 Å². The standard InChI is InChI=1S/C12H11ClO5/c13-9-10(16)6(3-7-11(9)18-5-17-7)12(1-2-12)4-8(14)15/h3,16H,1-2,4-5H2,(H,14,15). The van der Waals surface area contributed by atoms with Gasteiger partial charge in [-0.15, -0.1) is 0 Å². The van der Waals surface area contributed by atoms with Crippen LogP contribution in [0.25, 0.3) is 0 Å². The number of ether oxygens (including phenoxy) is 2. The molecule has 0 amide bonds. The van der Waals surface area contributed by atoms with Gasteiger partial charge in [0.25, 0.3) is 0 Å². The van der Waals surface area contributed by atoms with E-state index >= 15 is 0 Å². The lowest BCUT2D eigenvalue weighted by Gasteiger charge is -2.16. The molecule has 1 fully saturated rings. The number of fused-ring (bicyclic) bond motifs is 1. The van der Waals surface area contributed by atoms with Gasteiger partial charge in [-0.1, -0.05) is 11.6 Å². The summed E-state index contributed by atoms with van der Waals surface area (Å²) >= 11 is 6.01. The zero-order valence-corrected chi connectivity index (χ0v) is 10.2. The molecule has 1 aromatic rings. The van der Waals surface area contributed by atoms with Crippen molar-refractivity contribution in [2.75, 3.05) is 6.79 Å². The molecular weight excluding hydrogens is 260 g/mol. The molecule has 6 heteroatoms. The molecule has 0 radical (unpaired) electrons. The van der Waals surface area contributed by atoms with Crippen molar-refractivity contribution in [3.8, 4) is 17.2 Å². The van der Waals surface area contributed by atoms with E-state index in [1.54, 1.807) is 6.07 Å². The molecule has 3 rings (SSSR count). The van der Waals surface area contributed by atoms with Crippen molar-refractivity contribution in [1.29, 1.82) is 0 Å². The van der Waals surface area contributed by atoms with Gasteiger partial charge in [0, 0.05) is 11.0 Å². The Bertz CT molecular complexity index is 536. The summed E-state index contributed by atoms with van der Waals surface area (Å²) in [6.45, 7) is 0.0594. The van der Waals surface area contributed by atoms with Crippen LogP contribution in [0.5, 0.6) is 17.2 Å². The summed E-state index contributed by atoms with van der Waals surface area (Å²) in [4.78, 5) is 10.9. The lowest BCUT2D eigenvalue weighted by molar-refractivity contribution is -0.137. The Kier molecular flexibility index (Phi) is 2.35. The Balaban J connectivity index is 2.08. The second-order valence-electron chi connectivity index (χ2n) is 4.67. The number of benzene rings is 1. The quantitative estimate of drug-likeness (QED) is 0.881. The van der Waals surface area contributed by atoms with Crippen molar-refractivity contribution in [2.24, 2.45) is 0 Å².